The van der Waals surface area contributed by atoms with E-state index in [-0.39, 0.29) is 99.2 Å². The van der Waals surface area contributed by atoms with Crippen LogP contribution in [0.5, 0.6) is 0 Å². The van der Waals surface area contributed by atoms with Crippen LogP contribution < -0.4 is 74.2 Å². The van der Waals surface area contributed by atoms with Crippen LogP contribution in [0, 0.1) is 30.8 Å². The molecule has 39 heavy (non-hydrogen) atoms. The van der Waals surface area contributed by atoms with Gasteiger partial charge in [-0.1, -0.05) is 58.8 Å². The van der Waals surface area contributed by atoms with Crippen molar-refractivity contribution in [3.05, 3.63) is 18.2 Å². The van der Waals surface area contributed by atoms with E-state index in [1.165, 1.54) is 19.3 Å². The molecule has 0 saturated carbocycles. The van der Waals surface area contributed by atoms with Crippen LogP contribution >= 0.6 is 0 Å². The Morgan fingerprint density at radius 3 is 2.59 bits per heavy atom. The van der Waals surface area contributed by atoms with Crippen molar-refractivity contribution in [1.82, 2.24) is 9.97 Å². The van der Waals surface area contributed by atoms with Gasteiger partial charge in [0.05, 0.1) is 12.3 Å². The maximum atomic E-state index is 14.0. The number of terminal acetylenes is 1. The average molecular weight is 662 g/mol. The van der Waals surface area contributed by atoms with Gasteiger partial charge < -0.3 is 20.0 Å². The number of aliphatic imine (C=N–C) groups is 1. The first kappa shape index (κ1) is 36.4. The third-order valence-electron chi connectivity index (χ3n) is 6.68. The average Bonchev–Trinajstić information content (AvgIpc) is 3.24. The monoisotopic (exact) mass is 661 g/mol. The second kappa shape index (κ2) is 20.3. The van der Waals surface area contributed by atoms with Crippen molar-refractivity contribution < 1.29 is 92.7 Å². The predicted octanol–water partition coefficient (Wildman–Crippen LogP) is 2.22. The molecule has 3 heterocycles. The molecule has 1 aromatic heterocycles. The zero-order valence-electron chi connectivity index (χ0n) is 23.7. The summed E-state index contributed by atoms with van der Waals surface area (Å²) in [5.41, 5.74) is -0.233. The van der Waals surface area contributed by atoms with Crippen molar-refractivity contribution >= 4 is 29.9 Å². The first-order valence-corrected chi connectivity index (χ1v) is 13.8. The van der Waals surface area contributed by atoms with Crippen LogP contribution in [-0.4, -0.2) is 51.8 Å². The van der Waals surface area contributed by atoms with E-state index in [1.807, 2.05) is 6.29 Å². The molecule has 1 fully saturated rings. The second-order valence-corrected chi connectivity index (χ2v) is 9.72. The molecular weight excluding hydrogens is 620 g/mol. The summed E-state index contributed by atoms with van der Waals surface area (Å²) >= 11 is 0. The largest absolute Gasteiger partial charge is 1.00 e. The van der Waals surface area contributed by atoms with Crippen LogP contribution in [0.1, 0.15) is 96.6 Å². The van der Waals surface area contributed by atoms with E-state index in [0.717, 1.165) is 32.1 Å². The number of halogens is 1. The molecule has 0 radical (unpaired) electrons. The normalized spacial score (nSPS) is 21.4. The Morgan fingerprint density at radius 2 is 1.97 bits per heavy atom. The molecule has 2 aliphatic rings. The van der Waals surface area contributed by atoms with E-state index in [0.29, 0.717) is 43.5 Å². The van der Waals surface area contributed by atoms with Crippen molar-refractivity contribution in [2.24, 2.45) is 10.9 Å². The van der Waals surface area contributed by atoms with Gasteiger partial charge in [-0.2, -0.15) is 15.8 Å². The molecule has 0 spiro atoms. The van der Waals surface area contributed by atoms with E-state index in [2.05, 4.69) is 40.0 Å². The van der Waals surface area contributed by atoms with Gasteiger partial charge in [0.2, 0.25) is 5.91 Å². The minimum absolute atomic E-state index is 0. The molecule has 1 amide bonds. The number of unbranched alkanes of at least 4 members (excludes halogenated alkanes) is 7. The zero-order chi connectivity index (χ0) is 27.8. The minimum atomic E-state index is -1.07. The third kappa shape index (κ3) is 12.4. The maximum Gasteiger partial charge on any atom is 1.00 e. The number of hydrogen-bond donors (Lipinski definition) is 2. The topological polar surface area (TPSA) is 114 Å². The Kier molecular flexibility index (Phi) is 18.9. The molecule has 3 rings (SSSR count). The number of amides is 1. The maximum absolute atomic E-state index is 14.0. The Morgan fingerprint density at radius 1 is 1.26 bits per heavy atom. The number of ether oxygens (including phenoxy) is 1. The first-order valence-electron chi connectivity index (χ1n) is 13.8. The smallest absolute Gasteiger partial charge is 0.542 e. The fourth-order valence-corrected chi connectivity index (χ4v) is 4.40. The molecule has 3 atom stereocenters. The van der Waals surface area contributed by atoms with Crippen LogP contribution in [-0.2, 0) is 20.7 Å². The number of aliphatic hydroxyl groups excluding tert-OH is 1. The Balaban J connectivity index is 0.000000737. The van der Waals surface area contributed by atoms with E-state index in [1.54, 1.807) is 12.6 Å². The number of nitrogens with one attached hydrogen (secondary N) is 1. The van der Waals surface area contributed by atoms with Crippen LogP contribution in [0.25, 0.3) is 0 Å². The van der Waals surface area contributed by atoms with Gasteiger partial charge in [0.15, 0.2) is 5.82 Å². The Bertz CT molecular complexity index is 971. The standard InChI is InChI=1S/C22H28FN4O3.C7H13O.Cs/c1-3-5-6-7-8-18(29)26-20-19-16(25-21(23)27-20)10-9-15(13-24-19)17-11-12-22(4-2,14-28)30-17;1-2-3-4-5-6-7-8;/h2,12-13,15,17,28H,3,5-11,14H2,1H3,(H,25,26,27,29);2-6H2,1H3;/q2*-1;+1/t15?,17-,22+;;/m1../s1. The van der Waals surface area contributed by atoms with Crippen molar-refractivity contribution in [2.45, 2.75) is 109 Å². The summed E-state index contributed by atoms with van der Waals surface area (Å²) in [4.78, 5) is 34.0. The summed E-state index contributed by atoms with van der Waals surface area (Å²) in [5.74, 6) is 2.30. The summed E-state index contributed by atoms with van der Waals surface area (Å²) in [6.07, 6.45) is 21.1. The summed E-state index contributed by atoms with van der Waals surface area (Å²) < 4.78 is 19.9. The number of aromatic nitrogens is 2. The first-order chi connectivity index (χ1) is 18.4. The summed E-state index contributed by atoms with van der Waals surface area (Å²) in [6, 6.07) is 0. The number of fused-ring (bicyclic) bond motifs is 1. The summed E-state index contributed by atoms with van der Waals surface area (Å²) in [7, 11) is 0. The van der Waals surface area contributed by atoms with Crippen molar-refractivity contribution in [1.29, 1.82) is 0 Å². The van der Waals surface area contributed by atoms with Crippen LogP contribution in [0.2, 0.25) is 0 Å². The number of nitrogens with zero attached hydrogens (tertiary/aromatic N) is 3. The molecule has 210 valence electrons. The molecule has 0 aromatic carbocycles. The number of hydrogen-bond acceptors (Lipinski definition) is 7. The zero-order valence-corrected chi connectivity index (χ0v) is 30.0. The fraction of sp³-hybridized carbons (Fsp3) is 0.655. The summed E-state index contributed by atoms with van der Waals surface area (Å²) in [6.45, 7) is 3.98. The van der Waals surface area contributed by atoms with Gasteiger partial charge >= 0.3 is 75.0 Å². The van der Waals surface area contributed by atoms with Gasteiger partial charge in [0, 0.05) is 30.3 Å². The molecule has 0 aliphatic carbocycles. The second-order valence-electron chi connectivity index (χ2n) is 9.72. The molecule has 2 aliphatic heterocycles. The van der Waals surface area contributed by atoms with Crippen molar-refractivity contribution in [3.8, 4) is 12.3 Å². The van der Waals surface area contributed by atoms with Crippen LogP contribution in [0.4, 0.5) is 15.9 Å². The number of carbonyl (C=O) groups is 1. The van der Waals surface area contributed by atoms with Crippen molar-refractivity contribution in [3.63, 3.8) is 0 Å². The van der Waals surface area contributed by atoms with Gasteiger partial charge in [0.25, 0.3) is 0 Å². The number of aliphatic hydroxyl groups is 1. The minimum Gasteiger partial charge on any atom is -0.542 e. The van der Waals surface area contributed by atoms with E-state index in [4.69, 9.17) is 11.2 Å². The quantitative estimate of drug-likeness (QED) is 0.145. The number of carbonyl (C=O) groups excluding carboxylic acids is 2. The van der Waals surface area contributed by atoms with Crippen LogP contribution in [0.15, 0.2) is 4.99 Å². The number of anilines is 1. The predicted molar refractivity (Wildman–Crippen MR) is 146 cm³/mol. The Labute approximate surface area is 291 Å². The van der Waals surface area contributed by atoms with Gasteiger partial charge in [-0.3, -0.25) is 22.5 Å². The third-order valence-corrected chi connectivity index (χ3v) is 6.68. The van der Waals surface area contributed by atoms with Crippen molar-refractivity contribution in [2.75, 3.05) is 11.9 Å². The summed E-state index contributed by atoms with van der Waals surface area (Å²) in [5, 5.41) is 12.2. The van der Waals surface area contributed by atoms with Gasteiger partial charge in [0.1, 0.15) is 5.69 Å². The van der Waals surface area contributed by atoms with E-state index in [9.17, 15) is 19.1 Å². The molecule has 2 N–H and O–H groups in total. The Hall–Kier alpha value is -0.648. The number of rotatable bonds is 13. The van der Waals surface area contributed by atoms with Gasteiger partial charge in [-0.05, 0) is 19.3 Å². The molecule has 1 aromatic rings. The molecule has 10 heteroatoms. The molecule has 0 bridgehead atoms. The molecule has 8 nitrogen and oxygen atoms in total. The van der Waals surface area contributed by atoms with Crippen LogP contribution in [0.3, 0.4) is 0 Å². The van der Waals surface area contributed by atoms with Gasteiger partial charge in [-0.15, -0.1) is 18.8 Å². The molecule has 1 unspecified atom stereocenters. The van der Waals surface area contributed by atoms with E-state index < -0.39 is 11.7 Å². The number of aryl methyl sites for hydroxylation is 1. The van der Waals surface area contributed by atoms with E-state index >= 15 is 0 Å². The molecule has 1 saturated heterocycles. The fourth-order valence-electron chi connectivity index (χ4n) is 4.40. The SMILES string of the molecule is C#C[C@@]1(CO)[CH-]C[C@H](C2C=Nc3c(nc(F)nc3NC(=O)CCCCCC)CC2)O1.CCCCCC[C-]=O.[Cs+]. The molecular formula is C29H41CsFN4O4-. The van der Waals surface area contributed by atoms with Gasteiger partial charge in [-0.25, -0.2) is 4.98 Å².